The van der Waals surface area contributed by atoms with E-state index in [9.17, 15) is 0 Å². The van der Waals surface area contributed by atoms with Crippen LogP contribution in [0.4, 0.5) is 11.8 Å². The van der Waals surface area contributed by atoms with Gasteiger partial charge in [0.15, 0.2) is 11.4 Å². The van der Waals surface area contributed by atoms with Crippen LogP contribution in [0.1, 0.15) is 5.56 Å². The number of nitrogens with one attached hydrogen (secondary N) is 2. The van der Waals surface area contributed by atoms with Gasteiger partial charge >= 0.3 is 0 Å². The lowest BCUT2D eigenvalue weighted by Crippen LogP contribution is -2.45. The van der Waals surface area contributed by atoms with Crippen LogP contribution in [0.5, 0.6) is 0 Å². The largest absolute Gasteiger partial charge is 0.450 e. The summed E-state index contributed by atoms with van der Waals surface area (Å²) in [5.41, 5.74) is 9.27. The Morgan fingerprint density at radius 3 is 3.00 bits per heavy atom. The van der Waals surface area contributed by atoms with E-state index >= 15 is 0 Å². The molecule has 4 rings (SSSR count). The Morgan fingerprint density at radius 1 is 1.38 bits per heavy atom. The first-order chi connectivity index (χ1) is 10.2. The maximum absolute atomic E-state index is 5.92. The molecular weight excluding hydrogens is 266 g/mol. The van der Waals surface area contributed by atoms with E-state index in [2.05, 4.69) is 26.7 Å². The molecular formula is C15H17N5O. The van der Waals surface area contributed by atoms with Gasteiger partial charge < -0.3 is 20.8 Å². The first-order valence-electron chi connectivity index (χ1n) is 7.11. The fraction of sp³-hybridized carbons (Fsp3) is 0.333. The van der Waals surface area contributed by atoms with Crippen LogP contribution in [0.25, 0.3) is 22.1 Å². The first kappa shape index (κ1) is 12.4. The van der Waals surface area contributed by atoms with Crippen LogP contribution in [0, 0.1) is 12.8 Å². The van der Waals surface area contributed by atoms with E-state index in [4.69, 9.17) is 10.2 Å². The average molecular weight is 283 g/mol. The number of nitrogens with zero attached hydrogens (tertiary/aromatic N) is 2. The fourth-order valence-electron chi connectivity index (χ4n) is 2.63. The monoisotopic (exact) mass is 283 g/mol. The quantitative estimate of drug-likeness (QED) is 0.680. The lowest BCUT2D eigenvalue weighted by molar-refractivity contribution is 0.365. The second kappa shape index (κ2) is 4.60. The van der Waals surface area contributed by atoms with Gasteiger partial charge in [-0.1, -0.05) is 11.6 Å². The number of hydrogen-bond acceptors (Lipinski definition) is 6. The lowest BCUT2D eigenvalue weighted by atomic mass is 10.0. The van der Waals surface area contributed by atoms with Crippen molar-refractivity contribution in [2.24, 2.45) is 5.92 Å². The second-order valence-corrected chi connectivity index (χ2v) is 5.61. The Bertz CT molecular complexity index is 822. The molecule has 1 aromatic carbocycles. The number of nitrogen functional groups attached to an aromatic ring is 1. The third kappa shape index (κ3) is 2.08. The molecule has 3 heterocycles. The van der Waals surface area contributed by atoms with Gasteiger partial charge in [-0.25, -0.2) is 4.98 Å². The molecule has 108 valence electrons. The zero-order chi connectivity index (χ0) is 14.4. The Morgan fingerprint density at radius 2 is 2.24 bits per heavy atom. The summed E-state index contributed by atoms with van der Waals surface area (Å²) < 4.78 is 5.92. The van der Waals surface area contributed by atoms with E-state index < -0.39 is 0 Å². The molecule has 1 aliphatic heterocycles. The van der Waals surface area contributed by atoms with Gasteiger partial charge in [0, 0.05) is 30.9 Å². The third-order valence-electron chi connectivity index (χ3n) is 3.91. The molecule has 0 atom stereocenters. The van der Waals surface area contributed by atoms with E-state index in [0.717, 1.165) is 41.7 Å². The second-order valence-electron chi connectivity index (χ2n) is 5.61. The summed E-state index contributed by atoms with van der Waals surface area (Å²) in [6.45, 7) is 4.98. The maximum atomic E-state index is 5.92. The van der Waals surface area contributed by atoms with Crippen LogP contribution >= 0.6 is 0 Å². The summed E-state index contributed by atoms with van der Waals surface area (Å²) in [7, 11) is 0. The lowest BCUT2D eigenvalue weighted by Gasteiger charge is -2.27. The van der Waals surface area contributed by atoms with Crippen molar-refractivity contribution in [1.82, 2.24) is 15.3 Å². The number of hydrogen-bond donors (Lipinski definition) is 3. The molecule has 0 aliphatic carbocycles. The minimum absolute atomic E-state index is 0.265. The Balaban J connectivity index is 1.83. The molecule has 1 aliphatic rings. The average Bonchev–Trinajstić information content (AvgIpc) is 2.75. The molecule has 0 unspecified atom stereocenters. The van der Waals surface area contributed by atoms with Crippen molar-refractivity contribution < 1.29 is 4.42 Å². The van der Waals surface area contributed by atoms with Gasteiger partial charge in [0.2, 0.25) is 5.95 Å². The highest BCUT2D eigenvalue weighted by molar-refractivity contribution is 6.06. The highest BCUT2D eigenvalue weighted by Crippen LogP contribution is 2.32. The van der Waals surface area contributed by atoms with E-state index in [1.807, 2.05) is 19.1 Å². The van der Waals surface area contributed by atoms with Crippen molar-refractivity contribution >= 4 is 33.8 Å². The van der Waals surface area contributed by atoms with E-state index in [1.165, 1.54) is 0 Å². The molecule has 21 heavy (non-hydrogen) atoms. The number of rotatable bonds is 3. The molecule has 2 aromatic heterocycles. The molecule has 1 saturated heterocycles. The highest BCUT2D eigenvalue weighted by atomic mass is 16.3. The minimum atomic E-state index is 0.265. The van der Waals surface area contributed by atoms with Gasteiger partial charge in [0.25, 0.3) is 0 Å². The topological polar surface area (TPSA) is 89.0 Å². The zero-order valence-electron chi connectivity index (χ0n) is 11.8. The number of fused-ring (bicyclic) bond motifs is 3. The number of aromatic nitrogens is 2. The van der Waals surface area contributed by atoms with Crippen molar-refractivity contribution in [2.75, 3.05) is 30.7 Å². The molecule has 6 nitrogen and oxygen atoms in total. The van der Waals surface area contributed by atoms with E-state index in [0.29, 0.717) is 17.3 Å². The summed E-state index contributed by atoms with van der Waals surface area (Å²) in [5.74, 6) is 1.57. The molecule has 3 aromatic rings. The fourth-order valence-corrected chi connectivity index (χ4v) is 2.63. The molecule has 0 bridgehead atoms. The van der Waals surface area contributed by atoms with E-state index in [1.54, 1.807) is 0 Å². The minimum Gasteiger partial charge on any atom is -0.450 e. The smallest absolute Gasteiger partial charge is 0.222 e. The van der Waals surface area contributed by atoms with Crippen LogP contribution in [-0.2, 0) is 0 Å². The predicted octanol–water partition coefficient (Wildman–Crippen LogP) is 1.90. The van der Waals surface area contributed by atoms with E-state index in [-0.39, 0.29) is 5.95 Å². The Hall–Kier alpha value is -2.34. The van der Waals surface area contributed by atoms with Gasteiger partial charge in [0.05, 0.1) is 0 Å². The molecule has 0 amide bonds. The van der Waals surface area contributed by atoms with Crippen LogP contribution < -0.4 is 16.4 Å². The molecule has 0 saturated carbocycles. The van der Waals surface area contributed by atoms with Gasteiger partial charge in [0.1, 0.15) is 11.1 Å². The molecule has 4 N–H and O–H groups in total. The van der Waals surface area contributed by atoms with Crippen LogP contribution in [0.3, 0.4) is 0 Å². The predicted molar refractivity (Wildman–Crippen MR) is 83.3 cm³/mol. The zero-order valence-corrected chi connectivity index (χ0v) is 11.8. The summed E-state index contributed by atoms with van der Waals surface area (Å²) in [5, 5.41) is 7.57. The van der Waals surface area contributed by atoms with Crippen LogP contribution in [0.2, 0.25) is 0 Å². The standard InChI is InChI=1S/C15H17N5O/c1-8-2-3-11-10(4-8)12-13(21-11)14(20-15(16)19-12)18-7-9-5-17-6-9/h2-4,9,17H,5-7H2,1H3,(H3,16,18,19,20). The van der Waals surface area contributed by atoms with Crippen molar-refractivity contribution in [1.29, 1.82) is 0 Å². The third-order valence-corrected chi connectivity index (χ3v) is 3.91. The molecule has 0 spiro atoms. The van der Waals surface area contributed by atoms with Crippen molar-refractivity contribution in [3.8, 4) is 0 Å². The summed E-state index contributed by atoms with van der Waals surface area (Å²) in [4.78, 5) is 8.64. The van der Waals surface area contributed by atoms with Gasteiger partial charge in [-0.2, -0.15) is 4.98 Å². The summed E-state index contributed by atoms with van der Waals surface area (Å²) in [6, 6.07) is 6.05. The Kier molecular flexibility index (Phi) is 2.71. The van der Waals surface area contributed by atoms with Crippen molar-refractivity contribution in [2.45, 2.75) is 6.92 Å². The van der Waals surface area contributed by atoms with Gasteiger partial charge in [-0.15, -0.1) is 0 Å². The van der Waals surface area contributed by atoms with Gasteiger partial charge in [-0.3, -0.25) is 0 Å². The summed E-state index contributed by atoms with van der Waals surface area (Å²) in [6.07, 6.45) is 0. The molecule has 1 fully saturated rings. The highest BCUT2D eigenvalue weighted by Gasteiger charge is 2.19. The number of furan rings is 1. The van der Waals surface area contributed by atoms with Gasteiger partial charge in [-0.05, 0) is 19.1 Å². The normalized spacial score (nSPS) is 15.5. The number of benzene rings is 1. The van der Waals surface area contributed by atoms with Crippen LogP contribution in [-0.4, -0.2) is 29.6 Å². The summed E-state index contributed by atoms with van der Waals surface area (Å²) >= 11 is 0. The first-order valence-corrected chi connectivity index (χ1v) is 7.11. The number of anilines is 2. The molecule has 6 heteroatoms. The van der Waals surface area contributed by atoms with Crippen molar-refractivity contribution in [3.63, 3.8) is 0 Å². The SMILES string of the molecule is Cc1ccc2oc3c(NCC4CNC4)nc(N)nc3c2c1. The van der Waals surface area contributed by atoms with Crippen LogP contribution in [0.15, 0.2) is 22.6 Å². The molecule has 0 radical (unpaired) electrons. The number of aryl methyl sites for hydroxylation is 1. The van der Waals surface area contributed by atoms with Crippen molar-refractivity contribution in [3.05, 3.63) is 23.8 Å². The maximum Gasteiger partial charge on any atom is 0.222 e. The number of nitrogens with two attached hydrogens (primary N) is 1. The Labute approximate surface area is 121 Å².